The molecule has 0 saturated heterocycles. The highest BCUT2D eigenvalue weighted by molar-refractivity contribution is 6.13. The van der Waals surface area contributed by atoms with Gasteiger partial charge in [-0.3, -0.25) is 4.79 Å². The van der Waals surface area contributed by atoms with Gasteiger partial charge in [-0.1, -0.05) is 0 Å². The summed E-state index contributed by atoms with van der Waals surface area (Å²) in [5.74, 6) is 1.86. The fourth-order valence-corrected chi connectivity index (χ4v) is 2.59. The standard InChI is InChI=1S/C17H14N2O4/c1-21-11-3-4-12-13(8-18-14(12)7-11)17(20)19-10-2-5-15-16(6-10)23-9-22-15/h2-8,18H,9H2,1H3,(H,19,20). The second kappa shape index (κ2) is 5.24. The number of benzene rings is 2. The number of carbonyl (C=O) groups excluding carboxylic acids is 1. The summed E-state index contributed by atoms with van der Waals surface area (Å²) in [6, 6.07) is 10.8. The van der Waals surface area contributed by atoms with Gasteiger partial charge in [0.25, 0.3) is 5.91 Å². The molecule has 1 aromatic heterocycles. The van der Waals surface area contributed by atoms with Crippen LogP contribution < -0.4 is 19.5 Å². The van der Waals surface area contributed by atoms with Crippen molar-refractivity contribution in [1.29, 1.82) is 0 Å². The molecule has 116 valence electrons. The monoisotopic (exact) mass is 310 g/mol. The quantitative estimate of drug-likeness (QED) is 0.779. The summed E-state index contributed by atoms with van der Waals surface area (Å²) in [4.78, 5) is 15.6. The molecule has 0 bridgehead atoms. The Kier molecular flexibility index (Phi) is 3.08. The van der Waals surface area contributed by atoms with Crippen LogP contribution in [-0.4, -0.2) is 24.8 Å². The Labute approximate surface area is 132 Å². The van der Waals surface area contributed by atoms with E-state index >= 15 is 0 Å². The molecule has 2 N–H and O–H groups in total. The van der Waals surface area contributed by atoms with E-state index < -0.39 is 0 Å². The zero-order chi connectivity index (χ0) is 15.8. The molecule has 1 aliphatic heterocycles. The first kappa shape index (κ1) is 13.5. The highest BCUT2D eigenvalue weighted by Gasteiger charge is 2.16. The van der Waals surface area contributed by atoms with E-state index in [9.17, 15) is 4.79 Å². The molecular weight excluding hydrogens is 296 g/mol. The average Bonchev–Trinajstić information content (AvgIpc) is 3.20. The van der Waals surface area contributed by atoms with E-state index in [1.165, 1.54) is 0 Å². The smallest absolute Gasteiger partial charge is 0.257 e. The normalized spacial score (nSPS) is 12.4. The first-order chi connectivity index (χ1) is 11.2. The highest BCUT2D eigenvalue weighted by Crippen LogP contribution is 2.34. The van der Waals surface area contributed by atoms with Gasteiger partial charge >= 0.3 is 0 Å². The average molecular weight is 310 g/mol. The topological polar surface area (TPSA) is 72.6 Å². The van der Waals surface area contributed by atoms with Crippen LogP contribution >= 0.6 is 0 Å². The number of methoxy groups -OCH3 is 1. The summed E-state index contributed by atoms with van der Waals surface area (Å²) in [5.41, 5.74) is 2.07. The van der Waals surface area contributed by atoms with Gasteiger partial charge in [0.1, 0.15) is 5.75 Å². The number of nitrogens with one attached hydrogen (secondary N) is 2. The van der Waals surface area contributed by atoms with Crippen LogP contribution in [0.25, 0.3) is 10.9 Å². The van der Waals surface area contributed by atoms with E-state index in [0.717, 1.165) is 16.7 Å². The zero-order valence-corrected chi connectivity index (χ0v) is 12.4. The van der Waals surface area contributed by atoms with Crippen molar-refractivity contribution in [2.45, 2.75) is 0 Å². The number of aromatic amines is 1. The third-order valence-electron chi connectivity index (χ3n) is 3.76. The molecule has 0 fully saturated rings. The molecule has 0 unspecified atom stereocenters. The second-order valence-corrected chi connectivity index (χ2v) is 5.14. The van der Waals surface area contributed by atoms with Crippen LogP contribution in [0.15, 0.2) is 42.6 Å². The van der Waals surface area contributed by atoms with Crippen LogP contribution in [0.1, 0.15) is 10.4 Å². The molecule has 0 radical (unpaired) electrons. The van der Waals surface area contributed by atoms with Crippen LogP contribution in [0.3, 0.4) is 0 Å². The number of aromatic nitrogens is 1. The van der Waals surface area contributed by atoms with Crippen molar-refractivity contribution >= 4 is 22.5 Å². The largest absolute Gasteiger partial charge is 0.497 e. The van der Waals surface area contributed by atoms with Gasteiger partial charge < -0.3 is 24.5 Å². The first-order valence-electron chi connectivity index (χ1n) is 7.11. The van der Waals surface area contributed by atoms with Gasteiger partial charge in [-0.25, -0.2) is 0 Å². The van der Waals surface area contributed by atoms with Crippen molar-refractivity contribution in [3.05, 3.63) is 48.2 Å². The second-order valence-electron chi connectivity index (χ2n) is 5.14. The fourth-order valence-electron chi connectivity index (χ4n) is 2.59. The maximum Gasteiger partial charge on any atom is 0.257 e. The number of fused-ring (bicyclic) bond motifs is 2. The van der Waals surface area contributed by atoms with Crippen molar-refractivity contribution in [3.63, 3.8) is 0 Å². The van der Waals surface area contributed by atoms with Crippen LogP contribution in [0.2, 0.25) is 0 Å². The first-order valence-corrected chi connectivity index (χ1v) is 7.11. The molecular formula is C17H14N2O4. The molecule has 3 aromatic rings. The third kappa shape index (κ3) is 2.34. The number of hydrogen-bond acceptors (Lipinski definition) is 4. The minimum absolute atomic E-state index is 0.194. The van der Waals surface area contributed by atoms with Gasteiger partial charge in [0.15, 0.2) is 11.5 Å². The number of carbonyl (C=O) groups is 1. The predicted molar refractivity (Wildman–Crippen MR) is 85.4 cm³/mol. The molecule has 0 aliphatic carbocycles. The molecule has 6 heteroatoms. The Morgan fingerprint density at radius 2 is 2.04 bits per heavy atom. The number of rotatable bonds is 3. The van der Waals surface area contributed by atoms with E-state index in [-0.39, 0.29) is 12.7 Å². The number of anilines is 1. The zero-order valence-electron chi connectivity index (χ0n) is 12.4. The molecule has 1 amide bonds. The summed E-state index contributed by atoms with van der Waals surface area (Å²) in [6.45, 7) is 0.205. The Hall–Kier alpha value is -3.15. The van der Waals surface area contributed by atoms with Gasteiger partial charge in [-0.15, -0.1) is 0 Å². The minimum Gasteiger partial charge on any atom is -0.497 e. The van der Waals surface area contributed by atoms with E-state index in [0.29, 0.717) is 22.7 Å². The number of hydrogen-bond donors (Lipinski definition) is 2. The molecule has 6 nitrogen and oxygen atoms in total. The highest BCUT2D eigenvalue weighted by atomic mass is 16.7. The van der Waals surface area contributed by atoms with Gasteiger partial charge in [0.2, 0.25) is 6.79 Å². The Bertz CT molecular complexity index is 901. The third-order valence-corrected chi connectivity index (χ3v) is 3.76. The summed E-state index contributed by atoms with van der Waals surface area (Å²) in [5, 5.41) is 3.71. The molecule has 2 aromatic carbocycles. The van der Waals surface area contributed by atoms with Crippen LogP contribution in [0.4, 0.5) is 5.69 Å². The van der Waals surface area contributed by atoms with Crippen molar-refractivity contribution in [2.24, 2.45) is 0 Å². The molecule has 0 atom stereocenters. The van der Waals surface area contributed by atoms with E-state index in [1.54, 1.807) is 31.5 Å². The van der Waals surface area contributed by atoms with Crippen molar-refractivity contribution < 1.29 is 19.0 Å². The molecule has 0 saturated carbocycles. The lowest BCUT2D eigenvalue weighted by Gasteiger charge is -2.06. The predicted octanol–water partition coefficient (Wildman–Crippen LogP) is 3.16. The molecule has 2 heterocycles. The van der Waals surface area contributed by atoms with Crippen molar-refractivity contribution in [2.75, 3.05) is 19.2 Å². The van der Waals surface area contributed by atoms with Gasteiger partial charge in [0.05, 0.1) is 12.7 Å². The molecule has 0 spiro atoms. The van der Waals surface area contributed by atoms with Gasteiger partial charge in [0, 0.05) is 34.9 Å². The van der Waals surface area contributed by atoms with E-state index in [4.69, 9.17) is 14.2 Å². The van der Waals surface area contributed by atoms with Gasteiger partial charge in [-0.2, -0.15) is 0 Å². The Balaban J connectivity index is 1.62. The van der Waals surface area contributed by atoms with E-state index in [2.05, 4.69) is 10.3 Å². The van der Waals surface area contributed by atoms with Crippen LogP contribution in [0.5, 0.6) is 17.2 Å². The van der Waals surface area contributed by atoms with Crippen molar-refractivity contribution in [1.82, 2.24) is 4.98 Å². The molecule has 23 heavy (non-hydrogen) atoms. The molecule has 4 rings (SSSR count). The lowest BCUT2D eigenvalue weighted by atomic mass is 10.1. The Morgan fingerprint density at radius 3 is 2.91 bits per heavy atom. The number of ether oxygens (including phenoxy) is 3. The van der Waals surface area contributed by atoms with Gasteiger partial charge in [-0.05, 0) is 24.3 Å². The summed E-state index contributed by atoms with van der Waals surface area (Å²) in [7, 11) is 1.61. The Morgan fingerprint density at radius 1 is 1.17 bits per heavy atom. The lowest BCUT2D eigenvalue weighted by Crippen LogP contribution is -2.11. The fraction of sp³-hybridized carbons (Fsp3) is 0.118. The van der Waals surface area contributed by atoms with Crippen molar-refractivity contribution in [3.8, 4) is 17.2 Å². The van der Waals surface area contributed by atoms with Crippen LogP contribution in [0, 0.1) is 0 Å². The maximum absolute atomic E-state index is 12.5. The molecule has 1 aliphatic rings. The van der Waals surface area contributed by atoms with E-state index in [1.807, 2.05) is 18.2 Å². The summed E-state index contributed by atoms with van der Waals surface area (Å²) < 4.78 is 15.8. The minimum atomic E-state index is -0.194. The summed E-state index contributed by atoms with van der Waals surface area (Å²) in [6.07, 6.45) is 1.69. The summed E-state index contributed by atoms with van der Waals surface area (Å²) >= 11 is 0. The van der Waals surface area contributed by atoms with Crippen LogP contribution in [-0.2, 0) is 0 Å². The SMILES string of the molecule is COc1ccc2c(C(=O)Nc3ccc4c(c3)OCO4)c[nH]c2c1. The lowest BCUT2D eigenvalue weighted by molar-refractivity contribution is 0.102. The number of H-pyrrole nitrogens is 1. The number of amides is 1. The maximum atomic E-state index is 12.5.